The number of phenolic OH excluding ortho intramolecular Hbond substituents is 1. The maximum absolute atomic E-state index is 12.5. The lowest BCUT2D eigenvalue weighted by atomic mass is 10.0. The fourth-order valence-electron chi connectivity index (χ4n) is 4.80. The molecule has 0 bridgehead atoms. The predicted molar refractivity (Wildman–Crippen MR) is 190 cm³/mol. The Morgan fingerprint density at radius 3 is 2.10 bits per heavy atom. The maximum atomic E-state index is 12.5. The second-order valence-electron chi connectivity index (χ2n) is 10.9. The molecule has 0 radical (unpaired) electrons. The molecule has 0 fully saturated rings. The summed E-state index contributed by atoms with van der Waals surface area (Å²) < 4.78 is 62.7. The Morgan fingerprint density at radius 1 is 0.846 bits per heavy atom. The molecule has 0 aliphatic heterocycles. The Bertz CT molecular complexity index is 2330. The van der Waals surface area contributed by atoms with Crippen LogP contribution in [0.3, 0.4) is 0 Å². The van der Waals surface area contributed by atoms with Gasteiger partial charge in [-0.05, 0) is 85.5 Å². The molecule has 1 atom stereocenters. The number of benzene rings is 5. The maximum Gasteiger partial charge on any atom is 0.417 e. The molecule has 16 nitrogen and oxygen atoms in total. The standard InChI is InChI=1S/C34H31N5O11S2/c1-19-5-11-25(12-6-19)49-51(42)50-26-13-9-24(10-14-26)36-38-31-20(2)15-23-17-28(52(43,44)45)32(33(40)29(23)30(31)35)39-37-27-16-21(34(41)46-3)7-8-22(27)18-48-47-4/h5-17,40H,18,35H2,1-4H3,(H,43,44,45). The first-order chi connectivity index (χ1) is 24.8. The van der Waals surface area contributed by atoms with Gasteiger partial charge in [-0.25, -0.2) is 14.6 Å². The second kappa shape index (κ2) is 16.0. The van der Waals surface area contributed by atoms with E-state index in [4.69, 9.17) is 23.7 Å². The van der Waals surface area contributed by atoms with Gasteiger partial charge < -0.3 is 23.9 Å². The molecule has 0 aliphatic carbocycles. The molecule has 0 heterocycles. The van der Waals surface area contributed by atoms with Gasteiger partial charge in [-0.15, -0.1) is 15.3 Å². The van der Waals surface area contributed by atoms with Crippen LogP contribution in [0.25, 0.3) is 10.8 Å². The molecule has 18 heteroatoms. The summed E-state index contributed by atoms with van der Waals surface area (Å²) >= 11 is -2.11. The summed E-state index contributed by atoms with van der Waals surface area (Å²) in [5.41, 5.74) is 8.21. The van der Waals surface area contributed by atoms with Crippen molar-refractivity contribution in [2.75, 3.05) is 20.0 Å². The summed E-state index contributed by atoms with van der Waals surface area (Å²) in [6.07, 6.45) is 0. The van der Waals surface area contributed by atoms with Gasteiger partial charge in [-0.3, -0.25) is 4.55 Å². The van der Waals surface area contributed by atoms with Crippen LogP contribution in [-0.4, -0.2) is 42.5 Å². The quantitative estimate of drug-likeness (QED) is 0.0262. The third-order valence-electron chi connectivity index (χ3n) is 7.37. The first kappa shape index (κ1) is 37.5. The first-order valence-corrected chi connectivity index (χ1v) is 17.4. The van der Waals surface area contributed by atoms with Crippen molar-refractivity contribution in [3.05, 3.63) is 101 Å². The van der Waals surface area contributed by atoms with Crippen LogP contribution in [0.15, 0.2) is 104 Å². The van der Waals surface area contributed by atoms with E-state index in [0.29, 0.717) is 22.6 Å². The first-order valence-electron chi connectivity index (χ1n) is 15.0. The minimum absolute atomic E-state index is 0.0357. The lowest BCUT2D eigenvalue weighted by Gasteiger charge is -2.14. The number of anilines is 1. The van der Waals surface area contributed by atoms with Gasteiger partial charge in [-0.1, -0.05) is 23.8 Å². The molecule has 0 aliphatic rings. The van der Waals surface area contributed by atoms with Crippen LogP contribution in [0.1, 0.15) is 27.0 Å². The molecule has 0 aromatic heterocycles. The van der Waals surface area contributed by atoms with Crippen molar-refractivity contribution in [3.63, 3.8) is 0 Å². The van der Waals surface area contributed by atoms with Gasteiger partial charge in [0.25, 0.3) is 10.1 Å². The number of phenols is 1. The van der Waals surface area contributed by atoms with Crippen molar-refractivity contribution in [1.82, 2.24) is 0 Å². The summed E-state index contributed by atoms with van der Waals surface area (Å²) in [6, 6.07) is 19.9. The number of aromatic hydroxyl groups is 1. The zero-order valence-electron chi connectivity index (χ0n) is 28.0. The minimum Gasteiger partial charge on any atom is -0.505 e. The highest BCUT2D eigenvalue weighted by Gasteiger charge is 2.25. The third-order valence-corrected chi connectivity index (χ3v) is 8.89. The number of ether oxygens (including phenoxy) is 1. The summed E-state index contributed by atoms with van der Waals surface area (Å²) in [7, 11) is -2.49. The van der Waals surface area contributed by atoms with Crippen LogP contribution < -0.4 is 14.1 Å². The van der Waals surface area contributed by atoms with E-state index < -0.39 is 43.8 Å². The summed E-state index contributed by atoms with van der Waals surface area (Å²) in [6.45, 7) is 3.41. The van der Waals surface area contributed by atoms with E-state index >= 15 is 0 Å². The van der Waals surface area contributed by atoms with E-state index in [-0.39, 0.29) is 45.8 Å². The van der Waals surface area contributed by atoms with Crippen molar-refractivity contribution in [2.45, 2.75) is 25.3 Å². The molecular weight excluding hydrogens is 719 g/mol. The molecule has 1 unspecified atom stereocenters. The van der Waals surface area contributed by atoms with E-state index in [1.54, 1.807) is 31.2 Å². The second-order valence-corrected chi connectivity index (χ2v) is 13.1. The molecule has 0 saturated heterocycles. The van der Waals surface area contributed by atoms with Crippen molar-refractivity contribution in [2.24, 2.45) is 20.5 Å². The van der Waals surface area contributed by atoms with Crippen molar-refractivity contribution < 1.29 is 50.0 Å². The number of fused-ring (bicyclic) bond motifs is 1. The van der Waals surface area contributed by atoms with Crippen LogP contribution in [0, 0.1) is 13.8 Å². The summed E-state index contributed by atoms with van der Waals surface area (Å²) in [5.74, 6) is -0.802. The Morgan fingerprint density at radius 2 is 1.48 bits per heavy atom. The number of methoxy groups -OCH3 is 1. The molecule has 0 spiro atoms. The number of nitrogens with zero attached hydrogens (tertiary/aromatic N) is 4. The topological polar surface area (TPSA) is 230 Å². The normalized spacial score (nSPS) is 12.4. The van der Waals surface area contributed by atoms with Gasteiger partial charge in [0, 0.05) is 5.56 Å². The lowest BCUT2D eigenvalue weighted by molar-refractivity contribution is -0.282. The Labute approximate surface area is 300 Å². The fraction of sp³-hybridized carbons (Fsp3) is 0.147. The van der Waals surface area contributed by atoms with Gasteiger partial charge in [0.05, 0.1) is 42.2 Å². The Kier molecular flexibility index (Phi) is 11.6. The third kappa shape index (κ3) is 8.74. The number of carbonyl (C=O) groups is 1. The summed E-state index contributed by atoms with van der Waals surface area (Å²) in [5, 5.41) is 28.0. The molecular formula is C34H31N5O11S2. The van der Waals surface area contributed by atoms with Gasteiger partial charge in [0.15, 0.2) is 5.75 Å². The SMILES string of the molecule is COOCc1ccc(C(=O)OC)cc1N=Nc1c(S(=O)(=O)O)cc2cc(C)c(N=Nc3ccc(OS(=O)Oc4ccc(C)cc4)cc3)c(N)c2c1O. The number of rotatable bonds is 13. The molecule has 0 amide bonds. The van der Waals surface area contributed by atoms with Crippen LogP contribution in [0.5, 0.6) is 17.2 Å². The van der Waals surface area contributed by atoms with Crippen LogP contribution in [0.4, 0.5) is 28.4 Å². The number of azo groups is 2. The number of esters is 1. The van der Waals surface area contributed by atoms with Crippen molar-refractivity contribution in [1.29, 1.82) is 0 Å². The van der Waals surface area contributed by atoms with E-state index in [0.717, 1.165) is 11.6 Å². The molecule has 5 aromatic carbocycles. The molecule has 5 aromatic rings. The van der Waals surface area contributed by atoms with Crippen molar-refractivity contribution in [3.8, 4) is 17.2 Å². The molecule has 52 heavy (non-hydrogen) atoms. The number of nitrogens with two attached hydrogens (primary N) is 1. The van der Waals surface area contributed by atoms with Gasteiger partial charge >= 0.3 is 17.3 Å². The number of hydrogen-bond donors (Lipinski definition) is 3. The van der Waals surface area contributed by atoms with E-state index in [2.05, 4.69) is 25.3 Å². The zero-order valence-corrected chi connectivity index (χ0v) is 29.6. The van der Waals surface area contributed by atoms with E-state index in [1.807, 2.05) is 19.1 Å². The van der Waals surface area contributed by atoms with Gasteiger partial charge in [0.2, 0.25) is 0 Å². The lowest BCUT2D eigenvalue weighted by Crippen LogP contribution is -2.07. The fourth-order valence-corrected chi connectivity index (χ4v) is 6.03. The molecule has 4 N–H and O–H groups in total. The molecule has 270 valence electrons. The number of aryl methyl sites for hydroxylation is 2. The summed E-state index contributed by atoms with van der Waals surface area (Å²) in [4.78, 5) is 21.0. The monoisotopic (exact) mass is 749 g/mol. The largest absolute Gasteiger partial charge is 0.505 e. The number of nitrogen functional groups attached to an aromatic ring is 1. The van der Waals surface area contributed by atoms with Gasteiger partial charge in [-0.2, -0.15) is 17.7 Å². The van der Waals surface area contributed by atoms with Crippen LogP contribution in [0.2, 0.25) is 0 Å². The average molecular weight is 750 g/mol. The van der Waals surface area contributed by atoms with E-state index in [1.165, 1.54) is 50.6 Å². The molecule has 5 rings (SSSR count). The number of hydrogen-bond acceptors (Lipinski definition) is 15. The van der Waals surface area contributed by atoms with E-state index in [9.17, 15) is 27.1 Å². The number of carbonyl (C=O) groups excluding carboxylic acids is 1. The highest BCUT2D eigenvalue weighted by atomic mass is 32.2. The Balaban J connectivity index is 1.48. The minimum atomic E-state index is -4.97. The Hall–Kier alpha value is -5.79. The van der Waals surface area contributed by atoms with Crippen LogP contribution >= 0.6 is 0 Å². The average Bonchev–Trinajstić information content (AvgIpc) is 3.11. The smallest absolute Gasteiger partial charge is 0.417 e. The highest BCUT2D eigenvalue weighted by Crippen LogP contribution is 2.47. The van der Waals surface area contributed by atoms with Gasteiger partial charge in [0.1, 0.15) is 34.4 Å². The zero-order chi connectivity index (χ0) is 37.6. The molecule has 0 saturated carbocycles. The van der Waals surface area contributed by atoms with Crippen LogP contribution in [-0.2, 0) is 42.6 Å². The highest BCUT2D eigenvalue weighted by molar-refractivity contribution is 7.86. The predicted octanol–water partition coefficient (Wildman–Crippen LogP) is 7.72. The van der Waals surface area contributed by atoms with Crippen molar-refractivity contribution >= 4 is 66.7 Å².